The van der Waals surface area contributed by atoms with E-state index in [0.717, 1.165) is 5.69 Å². The lowest BCUT2D eigenvalue weighted by Gasteiger charge is -2.01. The Morgan fingerprint density at radius 3 is 2.54 bits per heavy atom. The molecule has 0 radical (unpaired) electrons. The largest absolute Gasteiger partial charge is 0.327 e. The van der Waals surface area contributed by atoms with Crippen molar-refractivity contribution in [3.63, 3.8) is 0 Å². The molecular formula is C10H13ClN2. The molecule has 2 atom stereocenters. The van der Waals surface area contributed by atoms with Gasteiger partial charge in [-0.05, 0) is 17.5 Å². The first-order chi connectivity index (χ1) is 6.03. The molecule has 13 heavy (non-hydrogen) atoms. The highest BCUT2D eigenvalue weighted by atomic mass is 35.5. The fraction of sp³-hybridized carbons (Fsp3) is 0.500. The van der Waals surface area contributed by atoms with Crippen LogP contribution in [0.15, 0.2) is 18.2 Å². The van der Waals surface area contributed by atoms with Crippen LogP contribution in [-0.2, 0) is 0 Å². The maximum Gasteiger partial charge on any atom is 0.129 e. The molecule has 1 aromatic heterocycles. The van der Waals surface area contributed by atoms with Crippen LogP contribution in [0.4, 0.5) is 0 Å². The van der Waals surface area contributed by atoms with E-state index in [4.69, 9.17) is 17.3 Å². The Kier molecular flexibility index (Phi) is 1.86. The summed E-state index contributed by atoms with van der Waals surface area (Å²) in [5, 5.41) is 0.549. The van der Waals surface area contributed by atoms with Crippen LogP contribution in [0.1, 0.15) is 25.5 Å². The minimum Gasteiger partial charge on any atom is -0.327 e. The Bertz CT molecular complexity index is 335. The molecule has 0 amide bonds. The van der Waals surface area contributed by atoms with Crippen molar-refractivity contribution in [2.45, 2.75) is 25.8 Å². The average Bonchev–Trinajstić information content (AvgIpc) is 2.51. The summed E-state index contributed by atoms with van der Waals surface area (Å²) in [7, 11) is 0. The van der Waals surface area contributed by atoms with Crippen molar-refractivity contribution < 1.29 is 0 Å². The third-order valence-electron chi connectivity index (χ3n) is 2.97. The minimum atomic E-state index is 0.178. The third kappa shape index (κ3) is 1.34. The number of pyridine rings is 1. The number of hydrogen-bond donors (Lipinski definition) is 1. The molecule has 2 rings (SSSR count). The monoisotopic (exact) mass is 196 g/mol. The van der Waals surface area contributed by atoms with Crippen molar-refractivity contribution in [3.8, 4) is 0 Å². The van der Waals surface area contributed by atoms with Gasteiger partial charge in [-0.15, -0.1) is 0 Å². The summed E-state index contributed by atoms with van der Waals surface area (Å²) in [6.07, 6.45) is 0. The summed E-state index contributed by atoms with van der Waals surface area (Å²) in [5.41, 5.74) is 7.14. The Morgan fingerprint density at radius 2 is 2.08 bits per heavy atom. The number of hydrogen-bond acceptors (Lipinski definition) is 2. The molecule has 1 aliphatic rings. The predicted octanol–water partition coefficient (Wildman–Crippen LogP) is 2.19. The summed E-state index contributed by atoms with van der Waals surface area (Å²) >= 11 is 5.81. The molecule has 1 heterocycles. The van der Waals surface area contributed by atoms with Crippen LogP contribution < -0.4 is 5.73 Å². The van der Waals surface area contributed by atoms with Crippen molar-refractivity contribution in [1.82, 2.24) is 4.98 Å². The zero-order valence-corrected chi connectivity index (χ0v) is 8.55. The van der Waals surface area contributed by atoms with Crippen molar-refractivity contribution in [2.24, 2.45) is 11.1 Å². The maximum atomic E-state index is 5.94. The number of halogens is 1. The average molecular weight is 197 g/mol. The second kappa shape index (κ2) is 2.69. The van der Waals surface area contributed by atoms with Gasteiger partial charge in [-0.2, -0.15) is 0 Å². The maximum absolute atomic E-state index is 5.94. The molecule has 3 heteroatoms. The lowest BCUT2D eigenvalue weighted by molar-refractivity contribution is 0.595. The quantitative estimate of drug-likeness (QED) is 0.700. The van der Waals surface area contributed by atoms with Crippen LogP contribution in [0.3, 0.4) is 0 Å². The molecule has 0 spiro atoms. The highest BCUT2D eigenvalue weighted by molar-refractivity contribution is 6.29. The third-order valence-corrected chi connectivity index (χ3v) is 3.18. The molecule has 2 nitrogen and oxygen atoms in total. The number of nitrogens with zero attached hydrogens (tertiary/aromatic N) is 1. The zero-order chi connectivity index (χ0) is 9.64. The molecular weight excluding hydrogens is 184 g/mol. The first kappa shape index (κ1) is 8.97. The van der Waals surface area contributed by atoms with Gasteiger partial charge in [0.05, 0.1) is 0 Å². The lowest BCUT2D eigenvalue weighted by Crippen LogP contribution is -2.06. The molecule has 70 valence electrons. The summed E-state index contributed by atoms with van der Waals surface area (Å²) in [5.74, 6) is 0.367. The van der Waals surface area contributed by atoms with E-state index in [-0.39, 0.29) is 11.5 Å². The molecule has 1 aliphatic carbocycles. The summed E-state index contributed by atoms with van der Waals surface area (Å²) in [6, 6.07) is 5.92. The topological polar surface area (TPSA) is 38.9 Å². The smallest absolute Gasteiger partial charge is 0.129 e. The van der Waals surface area contributed by atoms with Crippen molar-refractivity contribution >= 4 is 11.6 Å². The van der Waals surface area contributed by atoms with E-state index in [9.17, 15) is 0 Å². The Hall–Kier alpha value is -0.600. The van der Waals surface area contributed by atoms with Gasteiger partial charge in [0.1, 0.15) is 5.15 Å². The first-order valence-electron chi connectivity index (χ1n) is 4.41. The van der Waals surface area contributed by atoms with Gasteiger partial charge in [0, 0.05) is 17.7 Å². The molecule has 2 N–H and O–H groups in total. The van der Waals surface area contributed by atoms with Crippen molar-refractivity contribution in [3.05, 3.63) is 29.0 Å². The lowest BCUT2D eigenvalue weighted by atomic mass is 10.1. The van der Waals surface area contributed by atoms with Gasteiger partial charge < -0.3 is 5.73 Å². The summed E-state index contributed by atoms with van der Waals surface area (Å²) in [4.78, 5) is 4.27. The Balaban J connectivity index is 2.29. The van der Waals surface area contributed by atoms with E-state index in [0.29, 0.717) is 11.1 Å². The number of rotatable bonds is 1. The van der Waals surface area contributed by atoms with E-state index in [1.807, 2.05) is 12.1 Å². The molecule has 2 unspecified atom stereocenters. The summed E-state index contributed by atoms with van der Waals surface area (Å²) in [6.45, 7) is 4.32. The van der Waals surface area contributed by atoms with E-state index >= 15 is 0 Å². The first-order valence-corrected chi connectivity index (χ1v) is 4.79. The van der Waals surface area contributed by atoms with Crippen LogP contribution >= 0.6 is 11.6 Å². The molecule has 0 aliphatic heterocycles. The molecule has 0 aromatic carbocycles. The predicted molar refractivity (Wildman–Crippen MR) is 53.7 cm³/mol. The van der Waals surface area contributed by atoms with Crippen LogP contribution in [0, 0.1) is 5.41 Å². The van der Waals surface area contributed by atoms with Gasteiger partial charge in [0.15, 0.2) is 0 Å². The SMILES string of the molecule is CC1(C)C(N)C1c1cccc(Cl)n1. The molecule has 1 aromatic rings. The zero-order valence-electron chi connectivity index (χ0n) is 7.79. The van der Waals surface area contributed by atoms with Crippen LogP contribution in [0.25, 0.3) is 0 Å². The van der Waals surface area contributed by atoms with Gasteiger partial charge in [0.2, 0.25) is 0 Å². The molecule has 0 saturated heterocycles. The standard InChI is InChI=1S/C10H13ClN2/c1-10(2)8(9(10)12)6-4-3-5-7(11)13-6/h3-5,8-9H,12H2,1-2H3. The fourth-order valence-corrected chi connectivity index (χ4v) is 2.01. The van der Waals surface area contributed by atoms with E-state index in [1.165, 1.54) is 0 Å². The Morgan fingerprint density at radius 1 is 1.46 bits per heavy atom. The normalized spacial score (nSPS) is 30.2. The fourth-order valence-electron chi connectivity index (χ4n) is 1.84. The second-order valence-electron chi connectivity index (χ2n) is 4.21. The van der Waals surface area contributed by atoms with E-state index < -0.39 is 0 Å². The van der Waals surface area contributed by atoms with Gasteiger partial charge in [-0.1, -0.05) is 31.5 Å². The van der Waals surface area contributed by atoms with Crippen molar-refractivity contribution in [1.29, 1.82) is 0 Å². The van der Waals surface area contributed by atoms with Gasteiger partial charge in [-0.3, -0.25) is 0 Å². The van der Waals surface area contributed by atoms with Crippen LogP contribution in [0.5, 0.6) is 0 Å². The van der Waals surface area contributed by atoms with E-state index in [1.54, 1.807) is 6.07 Å². The highest BCUT2D eigenvalue weighted by Crippen LogP contribution is 2.56. The van der Waals surface area contributed by atoms with E-state index in [2.05, 4.69) is 18.8 Å². The number of nitrogens with two attached hydrogens (primary N) is 1. The molecule has 0 bridgehead atoms. The molecule has 1 fully saturated rings. The van der Waals surface area contributed by atoms with Gasteiger partial charge in [-0.25, -0.2) is 4.98 Å². The van der Waals surface area contributed by atoms with Crippen molar-refractivity contribution in [2.75, 3.05) is 0 Å². The van der Waals surface area contributed by atoms with Gasteiger partial charge >= 0.3 is 0 Å². The number of aromatic nitrogens is 1. The van der Waals surface area contributed by atoms with Gasteiger partial charge in [0.25, 0.3) is 0 Å². The van der Waals surface area contributed by atoms with Crippen LogP contribution in [-0.4, -0.2) is 11.0 Å². The highest BCUT2D eigenvalue weighted by Gasteiger charge is 2.56. The second-order valence-corrected chi connectivity index (χ2v) is 4.60. The minimum absolute atomic E-state index is 0.178. The summed E-state index contributed by atoms with van der Waals surface area (Å²) < 4.78 is 0. The Labute approximate surface area is 83.1 Å². The van der Waals surface area contributed by atoms with Crippen LogP contribution in [0.2, 0.25) is 5.15 Å². The molecule has 1 saturated carbocycles.